The summed E-state index contributed by atoms with van der Waals surface area (Å²) in [6, 6.07) is 21.8. The molecule has 0 unspecified atom stereocenters. The topological polar surface area (TPSA) is 143 Å². The van der Waals surface area contributed by atoms with Crippen molar-refractivity contribution in [3.8, 4) is 0 Å². The third-order valence-electron chi connectivity index (χ3n) is 8.26. The molecule has 1 aromatic heterocycles. The maximum absolute atomic E-state index is 14.3. The van der Waals surface area contributed by atoms with Crippen molar-refractivity contribution in [2.45, 2.75) is 11.8 Å². The molecule has 204 valence electrons. The van der Waals surface area contributed by atoms with Gasteiger partial charge in [0, 0.05) is 34.6 Å². The number of aromatic nitrogens is 1. The number of H-pyrrole nitrogens is 1. The summed E-state index contributed by atoms with van der Waals surface area (Å²) >= 11 is 0. The Balaban J connectivity index is 1.51. The lowest BCUT2D eigenvalue weighted by atomic mass is 9.64. The van der Waals surface area contributed by atoms with Gasteiger partial charge in [-0.1, -0.05) is 48.5 Å². The quantitative estimate of drug-likeness (QED) is 0.229. The summed E-state index contributed by atoms with van der Waals surface area (Å²) in [6.45, 7) is 0.0598. The lowest BCUT2D eigenvalue weighted by molar-refractivity contribution is -0.384. The molecule has 2 saturated heterocycles. The Morgan fingerprint density at radius 3 is 2.39 bits per heavy atom. The summed E-state index contributed by atoms with van der Waals surface area (Å²) < 4.78 is 5.03. The largest absolute Gasteiger partial charge is 0.447 e. The number of nitro groups is 1. The smallest absolute Gasteiger partial charge is 0.416 e. The molecular weight excluding hydrogens is 528 g/mol. The van der Waals surface area contributed by atoms with Crippen molar-refractivity contribution in [3.05, 3.63) is 106 Å². The van der Waals surface area contributed by atoms with Crippen LogP contribution in [0, 0.1) is 22.0 Å². The van der Waals surface area contributed by atoms with Gasteiger partial charge in [-0.05, 0) is 29.3 Å². The number of anilines is 1. The summed E-state index contributed by atoms with van der Waals surface area (Å²) in [4.78, 5) is 71.8. The summed E-state index contributed by atoms with van der Waals surface area (Å²) in [5.74, 6) is -5.93. The molecule has 41 heavy (non-hydrogen) atoms. The maximum atomic E-state index is 14.3. The van der Waals surface area contributed by atoms with E-state index >= 15 is 0 Å². The molecule has 1 aliphatic carbocycles. The van der Waals surface area contributed by atoms with Gasteiger partial charge in [0.05, 0.1) is 34.9 Å². The van der Waals surface area contributed by atoms with E-state index < -0.39 is 52.4 Å². The number of rotatable bonds is 4. The molecule has 4 atom stereocenters. The molecule has 3 aliphatic rings. The number of fused-ring (bicyclic) bond motifs is 4. The molecule has 0 bridgehead atoms. The predicted molar refractivity (Wildman–Crippen MR) is 145 cm³/mol. The van der Waals surface area contributed by atoms with Crippen LogP contribution in [0.2, 0.25) is 0 Å². The van der Waals surface area contributed by atoms with Crippen molar-refractivity contribution in [2.24, 2.45) is 11.8 Å². The van der Waals surface area contributed by atoms with Gasteiger partial charge < -0.3 is 9.72 Å². The highest BCUT2D eigenvalue weighted by Crippen LogP contribution is 2.56. The van der Waals surface area contributed by atoms with E-state index in [1.807, 2.05) is 24.3 Å². The monoisotopic (exact) mass is 550 g/mol. The number of hydrogen-bond donors (Lipinski definition) is 1. The molecule has 0 spiro atoms. The van der Waals surface area contributed by atoms with Gasteiger partial charge in [-0.15, -0.1) is 0 Å². The highest BCUT2D eigenvalue weighted by Gasteiger charge is 2.62. The van der Waals surface area contributed by atoms with E-state index in [-0.39, 0.29) is 18.8 Å². The first kappa shape index (κ1) is 24.7. The first-order valence-electron chi connectivity index (χ1n) is 13.1. The Labute approximate surface area is 232 Å². The first-order chi connectivity index (χ1) is 19.9. The molecule has 2 aliphatic heterocycles. The number of benzene rings is 3. The van der Waals surface area contributed by atoms with Crippen molar-refractivity contribution in [1.29, 1.82) is 0 Å². The van der Waals surface area contributed by atoms with E-state index in [2.05, 4.69) is 4.98 Å². The Morgan fingerprint density at radius 2 is 1.66 bits per heavy atom. The van der Waals surface area contributed by atoms with E-state index in [1.54, 1.807) is 42.5 Å². The molecule has 1 N–H and O–H groups in total. The molecule has 2 fully saturated rings. The van der Waals surface area contributed by atoms with Crippen LogP contribution in [0.25, 0.3) is 10.9 Å². The number of amides is 4. The predicted octanol–water partition coefficient (Wildman–Crippen LogP) is 4.09. The standard InChI is InChI=1S/C30H22N4O7/c35-27(32-13-14-41-30(32)38)25-24-23(28(36)33(29(24)37)17-8-2-1-3-9-17)21(16-7-6-10-18(15-16)34(39)40)22-19-11-4-5-12-20(19)31-26(22)25/h1-12,15,21,23-25,31H,13-14H2/t21-,23-,24-,25+/m0/s1. The van der Waals surface area contributed by atoms with Gasteiger partial charge in [0.15, 0.2) is 0 Å². The molecule has 7 rings (SSSR count). The number of para-hydroxylation sites is 2. The number of aromatic amines is 1. The average Bonchev–Trinajstić information content (AvgIpc) is 3.66. The van der Waals surface area contributed by atoms with Crippen LogP contribution in [0.3, 0.4) is 0 Å². The molecule has 0 saturated carbocycles. The minimum atomic E-state index is -1.19. The lowest BCUT2D eigenvalue weighted by Gasteiger charge is -2.37. The van der Waals surface area contributed by atoms with E-state index in [9.17, 15) is 29.3 Å². The Bertz CT molecular complexity index is 1780. The van der Waals surface area contributed by atoms with Gasteiger partial charge in [-0.25, -0.2) is 14.6 Å². The van der Waals surface area contributed by atoms with Crippen molar-refractivity contribution < 1.29 is 28.8 Å². The summed E-state index contributed by atoms with van der Waals surface area (Å²) in [7, 11) is 0. The SMILES string of the molecule is O=C1OCCN1C(=O)[C@H]1c2[nH]c3ccccc3c2[C@H](c2cccc([N+](=O)[O-])c2)[C@@H]2C(=O)N(c3ccccc3)C(=O)[C@@H]21. The van der Waals surface area contributed by atoms with Crippen LogP contribution >= 0.6 is 0 Å². The Hall–Kier alpha value is -5.32. The number of carbonyl (C=O) groups excluding carboxylic acids is 4. The number of carbonyl (C=O) groups is 4. The fourth-order valence-electron chi connectivity index (χ4n) is 6.61. The van der Waals surface area contributed by atoms with Crippen LogP contribution in [0.4, 0.5) is 16.2 Å². The number of nitrogens with zero attached hydrogens (tertiary/aromatic N) is 3. The second-order valence-corrected chi connectivity index (χ2v) is 10.3. The Morgan fingerprint density at radius 1 is 0.927 bits per heavy atom. The maximum Gasteiger partial charge on any atom is 0.416 e. The van der Waals surface area contributed by atoms with Gasteiger partial charge in [0.1, 0.15) is 6.61 Å². The third kappa shape index (κ3) is 3.58. The number of nitrogens with one attached hydrogen (secondary N) is 1. The fraction of sp³-hybridized carbons (Fsp3) is 0.200. The second-order valence-electron chi connectivity index (χ2n) is 10.3. The molecular formula is C30H22N4O7. The third-order valence-corrected chi connectivity index (χ3v) is 8.26. The zero-order valence-electron chi connectivity index (χ0n) is 21.4. The van der Waals surface area contributed by atoms with Gasteiger partial charge in [0.2, 0.25) is 17.7 Å². The number of hydrogen-bond acceptors (Lipinski definition) is 7. The molecule has 11 nitrogen and oxygen atoms in total. The molecule has 4 amide bonds. The number of nitro benzene ring substituents is 1. The van der Waals surface area contributed by atoms with E-state index in [0.717, 1.165) is 15.2 Å². The van der Waals surface area contributed by atoms with Crippen LogP contribution in [-0.2, 0) is 19.1 Å². The van der Waals surface area contributed by atoms with Gasteiger partial charge >= 0.3 is 6.09 Å². The second kappa shape index (κ2) is 9.12. The summed E-state index contributed by atoms with van der Waals surface area (Å²) in [5, 5.41) is 12.4. The Kier molecular flexibility index (Phi) is 5.49. The zero-order chi connectivity index (χ0) is 28.4. The molecule has 3 aromatic carbocycles. The summed E-state index contributed by atoms with van der Waals surface area (Å²) in [6.07, 6.45) is -0.804. The molecule has 3 heterocycles. The van der Waals surface area contributed by atoms with Gasteiger partial charge in [0.25, 0.3) is 5.69 Å². The number of imide groups is 2. The van der Waals surface area contributed by atoms with Gasteiger partial charge in [-0.3, -0.25) is 24.5 Å². The highest BCUT2D eigenvalue weighted by atomic mass is 16.6. The fourth-order valence-corrected chi connectivity index (χ4v) is 6.61. The van der Waals surface area contributed by atoms with Crippen LogP contribution < -0.4 is 4.90 Å². The van der Waals surface area contributed by atoms with Crippen LogP contribution in [0.1, 0.15) is 28.7 Å². The van der Waals surface area contributed by atoms with Crippen molar-refractivity contribution >= 4 is 46.1 Å². The van der Waals surface area contributed by atoms with Crippen LogP contribution in [0.15, 0.2) is 78.9 Å². The van der Waals surface area contributed by atoms with E-state index in [1.165, 1.54) is 12.1 Å². The molecule has 0 radical (unpaired) electrons. The average molecular weight is 551 g/mol. The lowest BCUT2D eigenvalue weighted by Crippen LogP contribution is -2.45. The number of cyclic esters (lactones) is 1. The van der Waals surface area contributed by atoms with Crippen molar-refractivity contribution in [1.82, 2.24) is 9.88 Å². The number of non-ortho nitro benzene ring substituents is 1. The number of ether oxygens (including phenoxy) is 1. The zero-order valence-corrected chi connectivity index (χ0v) is 21.4. The molecule has 11 heteroatoms. The van der Waals surface area contributed by atoms with Crippen LogP contribution in [-0.4, -0.2) is 51.8 Å². The minimum Gasteiger partial charge on any atom is -0.447 e. The van der Waals surface area contributed by atoms with Gasteiger partial charge in [-0.2, -0.15) is 0 Å². The van der Waals surface area contributed by atoms with Crippen molar-refractivity contribution in [2.75, 3.05) is 18.1 Å². The minimum absolute atomic E-state index is 0.0277. The van der Waals surface area contributed by atoms with E-state index in [4.69, 9.17) is 4.74 Å². The normalized spacial score (nSPS) is 23.5. The van der Waals surface area contributed by atoms with Crippen LogP contribution in [0.5, 0.6) is 0 Å². The van der Waals surface area contributed by atoms with E-state index in [0.29, 0.717) is 28.0 Å². The first-order valence-corrected chi connectivity index (χ1v) is 13.1. The molecule has 4 aromatic rings. The summed E-state index contributed by atoms with van der Waals surface area (Å²) in [5.41, 5.74) is 2.36. The van der Waals surface area contributed by atoms with Crippen molar-refractivity contribution in [3.63, 3.8) is 0 Å². The highest BCUT2D eigenvalue weighted by molar-refractivity contribution is 6.24.